The van der Waals surface area contributed by atoms with Gasteiger partial charge in [-0.25, -0.2) is 0 Å². The van der Waals surface area contributed by atoms with E-state index in [1.165, 1.54) is 0 Å². The van der Waals surface area contributed by atoms with Crippen LogP contribution in [0.2, 0.25) is 0 Å². The van der Waals surface area contributed by atoms with Gasteiger partial charge in [0.1, 0.15) is 0 Å². The van der Waals surface area contributed by atoms with Crippen LogP contribution in [-0.4, -0.2) is 0 Å². The first-order valence-corrected chi connectivity index (χ1v) is 2.69. The number of hydrogen-bond donors (Lipinski definition) is 0. The Bertz CT molecular complexity index is 112. The average molecular weight is 146 g/mol. The van der Waals surface area contributed by atoms with Gasteiger partial charge in [0, 0.05) is 0 Å². The summed E-state index contributed by atoms with van der Waals surface area (Å²) >= 11 is 0. The number of allylic oxidation sites excluding steroid dienone is 4. The van der Waals surface area contributed by atoms with E-state index in [4.69, 9.17) is 0 Å². The fourth-order valence-corrected chi connectivity index (χ4v) is 0.279. The van der Waals surface area contributed by atoms with Crippen molar-refractivity contribution in [1.82, 2.24) is 0 Å². The molecular weight excluding hydrogens is 135 g/mol. The van der Waals surface area contributed by atoms with E-state index in [-0.39, 0.29) is 51.4 Å². The second-order valence-corrected chi connectivity index (χ2v) is 1.53. The second-order valence-electron chi connectivity index (χ2n) is 1.53. The molecule has 0 aromatic rings. The molecule has 0 amide bonds. The first kappa shape index (κ1) is 12.5. The molecule has 0 fully saturated rings. The van der Waals surface area contributed by atoms with E-state index in [0.717, 1.165) is 12.0 Å². The predicted molar refractivity (Wildman–Crippen MR) is 37.4 cm³/mol. The fourth-order valence-electron chi connectivity index (χ4n) is 0.279. The minimum atomic E-state index is 0. The fraction of sp³-hybridized carbons (Fsp3) is 0.250. The smallest absolute Gasteiger partial charge is 0.194 e. The molecule has 9 heavy (non-hydrogen) atoms. The van der Waals surface area contributed by atoms with Crippen molar-refractivity contribution < 1.29 is 51.4 Å². The van der Waals surface area contributed by atoms with Gasteiger partial charge >= 0.3 is 51.4 Å². The number of rotatable bonds is 3. The standard InChI is InChI=1S/C8H11.K/c1-4-6-7-8(3)5-2;/h4,7H,1,3,5H2,2H3;/q-1;+1. The van der Waals surface area contributed by atoms with Gasteiger partial charge < -0.3 is 0 Å². The zero-order valence-electron chi connectivity index (χ0n) is 6.28. The summed E-state index contributed by atoms with van der Waals surface area (Å²) in [5.74, 6) is 0. The minimum Gasteiger partial charge on any atom is -0.194 e. The molecular formula is C8H11K. The quantitative estimate of drug-likeness (QED) is 0.286. The Hall–Kier alpha value is 0.856. The Morgan fingerprint density at radius 2 is 2.22 bits per heavy atom. The van der Waals surface area contributed by atoms with Crippen LogP contribution in [0.5, 0.6) is 0 Å². The SMILES string of the molecule is C=C[C-]=CC(=C)CC.[K+]. The van der Waals surface area contributed by atoms with Crippen molar-refractivity contribution in [3.05, 3.63) is 37.0 Å². The van der Waals surface area contributed by atoms with Crippen LogP contribution >= 0.6 is 0 Å². The minimum absolute atomic E-state index is 0. The second kappa shape index (κ2) is 8.86. The molecule has 0 spiro atoms. The van der Waals surface area contributed by atoms with Gasteiger partial charge in [0.25, 0.3) is 0 Å². The van der Waals surface area contributed by atoms with Crippen molar-refractivity contribution >= 4 is 0 Å². The Labute approximate surface area is 100 Å². The van der Waals surface area contributed by atoms with Crippen molar-refractivity contribution in [2.24, 2.45) is 0 Å². The summed E-state index contributed by atoms with van der Waals surface area (Å²) < 4.78 is 0. The normalized spacial score (nSPS) is 8.56. The summed E-state index contributed by atoms with van der Waals surface area (Å²) in [4.78, 5) is 0. The summed E-state index contributed by atoms with van der Waals surface area (Å²) in [5.41, 5.74) is 1.09. The molecule has 0 radical (unpaired) electrons. The predicted octanol–water partition coefficient (Wildman–Crippen LogP) is -0.498. The van der Waals surface area contributed by atoms with Gasteiger partial charge in [-0.1, -0.05) is 13.3 Å². The molecule has 44 valence electrons. The molecule has 0 bridgehead atoms. The molecule has 0 aromatic heterocycles. The topological polar surface area (TPSA) is 0 Å². The average Bonchev–Trinajstić information content (AvgIpc) is 1.83. The third kappa shape index (κ3) is 8.86. The zero-order chi connectivity index (χ0) is 6.41. The number of hydrogen-bond acceptors (Lipinski definition) is 0. The van der Waals surface area contributed by atoms with Crippen LogP contribution in [0.3, 0.4) is 0 Å². The molecule has 0 N–H and O–H groups in total. The Kier molecular flexibility index (Phi) is 12.3. The van der Waals surface area contributed by atoms with E-state index in [2.05, 4.69) is 26.2 Å². The molecule has 0 saturated carbocycles. The van der Waals surface area contributed by atoms with Gasteiger partial charge in [-0.3, -0.25) is 0 Å². The molecule has 0 heterocycles. The van der Waals surface area contributed by atoms with Gasteiger partial charge in [0.2, 0.25) is 0 Å². The molecule has 0 rings (SSSR count). The molecule has 0 aliphatic rings. The van der Waals surface area contributed by atoms with Crippen molar-refractivity contribution in [3.63, 3.8) is 0 Å². The summed E-state index contributed by atoms with van der Waals surface area (Å²) in [6.45, 7) is 9.29. The maximum atomic E-state index is 3.74. The summed E-state index contributed by atoms with van der Waals surface area (Å²) in [6.07, 6.45) is 7.29. The molecule has 0 aromatic carbocycles. The summed E-state index contributed by atoms with van der Waals surface area (Å²) in [6, 6.07) is 0. The Balaban J connectivity index is 0. The molecule has 0 aliphatic carbocycles. The maximum absolute atomic E-state index is 3.74. The van der Waals surface area contributed by atoms with Gasteiger partial charge in [-0.05, 0) is 0 Å². The van der Waals surface area contributed by atoms with E-state index < -0.39 is 0 Å². The zero-order valence-corrected chi connectivity index (χ0v) is 9.40. The third-order valence-corrected chi connectivity index (χ3v) is 0.859. The molecule has 0 atom stereocenters. The monoisotopic (exact) mass is 146 g/mol. The molecule has 0 unspecified atom stereocenters. The molecule has 0 nitrogen and oxygen atoms in total. The van der Waals surface area contributed by atoms with Crippen molar-refractivity contribution in [2.75, 3.05) is 0 Å². The van der Waals surface area contributed by atoms with E-state index in [0.29, 0.717) is 0 Å². The van der Waals surface area contributed by atoms with E-state index in [1.54, 1.807) is 6.08 Å². The molecule has 0 saturated heterocycles. The van der Waals surface area contributed by atoms with Crippen LogP contribution in [0.4, 0.5) is 0 Å². The van der Waals surface area contributed by atoms with Crippen molar-refractivity contribution in [3.8, 4) is 0 Å². The van der Waals surface area contributed by atoms with E-state index in [9.17, 15) is 0 Å². The van der Waals surface area contributed by atoms with Crippen LogP contribution in [-0.2, 0) is 0 Å². The van der Waals surface area contributed by atoms with Crippen LogP contribution < -0.4 is 51.4 Å². The first-order chi connectivity index (χ1) is 3.81. The van der Waals surface area contributed by atoms with Crippen LogP contribution in [0, 0.1) is 6.08 Å². The van der Waals surface area contributed by atoms with E-state index >= 15 is 0 Å². The van der Waals surface area contributed by atoms with Crippen molar-refractivity contribution in [1.29, 1.82) is 0 Å². The van der Waals surface area contributed by atoms with Gasteiger partial charge in [-0.15, -0.1) is 0 Å². The molecule has 1 heteroatoms. The van der Waals surface area contributed by atoms with Crippen LogP contribution in [0.15, 0.2) is 30.9 Å². The maximum Gasteiger partial charge on any atom is 1.00 e. The molecule has 0 aliphatic heterocycles. The summed E-state index contributed by atoms with van der Waals surface area (Å²) in [5, 5.41) is 0. The Morgan fingerprint density at radius 3 is 2.56 bits per heavy atom. The largest absolute Gasteiger partial charge is 1.00 e. The first-order valence-electron chi connectivity index (χ1n) is 2.69. The van der Waals surface area contributed by atoms with Crippen LogP contribution in [0.25, 0.3) is 0 Å². The Morgan fingerprint density at radius 1 is 1.67 bits per heavy atom. The van der Waals surface area contributed by atoms with Gasteiger partial charge in [-0.2, -0.15) is 37.0 Å². The van der Waals surface area contributed by atoms with Gasteiger partial charge in [0.15, 0.2) is 0 Å². The summed E-state index contributed by atoms with van der Waals surface area (Å²) in [7, 11) is 0. The third-order valence-electron chi connectivity index (χ3n) is 0.859. The van der Waals surface area contributed by atoms with Gasteiger partial charge in [0.05, 0.1) is 0 Å². The van der Waals surface area contributed by atoms with Crippen molar-refractivity contribution in [2.45, 2.75) is 13.3 Å². The van der Waals surface area contributed by atoms with Crippen LogP contribution in [0.1, 0.15) is 13.3 Å². The van der Waals surface area contributed by atoms with E-state index in [1.807, 2.05) is 6.08 Å².